The summed E-state index contributed by atoms with van der Waals surface area (Å²) in [5.74, 6) is -1.00. The number of aromatic nitrogens is 1. The highest BCUT2D eigenvalue weighted by atomic mass is 127. The van der Waals surface area contributed by atoms with E-state index < -0.39 is 17.8 Å². The summed E-state index contributed by atoms with van der Waals surface area (Å²) in [6.07, 6.45) is -2.07. The van der Waals surface area contributed by atoms with E-state index in [-0.39, 0.29) is 12.1 Å². The Bertz CT molecular complexity index is 317. The van der Waals surface area contributed by atoms with Gasteiger partial charge in [-0.3, -0.25) is 0 Å². The van der Waals surface area contributed by atoms with Crippen LogP contribution < -0.4 is 5.73 Å². The van der Waals surface area contributed by atoms with Crippen LogP contribution in [-0.4, -0.2) is 4.98 Å². The molecule has 0 aliphatic heterocycles. The zero-order valence-electron chi connectivity index (χ0n) is 6.40. The Kier molecular flexibility index (Phi) is 3.48. The van der Waals surface area contributed by atoms with E-state index in [0.717, 1.165) is 6.20 Å². The number of alkyl halides is 2. The maximum Gasteiger partial charge on any atom is 0.267 e. The molecule has 2 nitrogen and oxygen atoms in total. The van der Waals surface area contributed by atoms with E-state index in [4.69, 9.17) is 5.73 Å². The van der Waals surface area contributed by atoms with E-state index in [0.29, 0.717) is 3.70 Å². The third-order valence-electron chi connectivity index (χ3n) is 1.55. The van der Waals surface area contributed by atoms with Crippen LogP contribution in [0.2, 0.25) is 0 Å². The minimum Gasteiger partial charge on any atom is -0.326 e. The lowest BCUT2D eigenvalue weighted by Gasteiger charge is -2.08. The Morgan fingerprint density at radius 2 is 2.15 bits per heavy atom. The summed E-state index contributed by atoms with van der Waals surface area (Å²) in [5.41, 5.74) is 4.66. The van der Waals surface area contributed by atoms with E-state index in [1.807, 2.05) is 0 Å². The number of nitrogens with zero attached hydrogens (tertiary/aromatic N) is 1. The van der Waals surface area contributed by atoms with Gasteiger partial charge in [0.05, 0.1) is 11.8 Å². The van der Waals surface area contributed by atoms with Crippen molar-refractivity contribution >= 4 is 22.6 Å². The Balaban J connectivity index is 3.35. The standard InChI is InChI=1S/C7H6F3IN2/c8-4-2-13-7(11)3(1-12)5(4)6(9)10/h2,6H,1,12H2. The van der Waals surface area contributed by atoms with Gasteiger partial charge in [-0.2, -0.15) is 0 Å². The van der Waals surface area contributed by atoms with Gasteiger partial charge in [-0.15, -0.1) is 0 Å². The zero-order valence-corrected chi connectivity index (χ0v) is 8.56. The van der Waals surface area contributed by atoms with Crippen LogP contribution in [0, 0.1) is 9.52 Å². The number of rotatable bonds is 2. The first kappa shape index (κ1) is 10.7. The summed E-state index contributed by atoms with van der Waals surface area (Å²) in [5, 5.41) is 0. The van der Waals surface area contributed by atoms with Crippen LogP contribution in [0.5, 0.6) is 0 Å². The van der Waals surface area contributed by atoms with E-state index in [9.17, 15) is 13.2 Å². The molecule has 0 unspecified atom stereocenters. The predicted octanol–water partition coefficient (Wildman–Crippen LogP) is 2.22. The van der Waals surface area contributed by atoms with Crippen molar-refractivity contribution < 1.29 is 13.2 Å². The maximum absolute atomic E-state index is 12.9. The highest BCUT2D eigenvalue weighted by Gasteiger charge is 2.20. The molecule has 0 atom stereocenters. The molecule has 0 amide bonds. The van der Waals surface area contributed by atoms with Crippen LogP contribution in [0.25, 0.3) is 0 Å². The average molecular weight is 302 g/mol. The molecule has 6 heteroatoms. The second-order valence-electron chi connectivity index (χ2n) is 2.29. The topological polar surface area (TPSA) is 38.9 Å². The maximum atomic E-state index is 12.9. The molecule has 0 saturated heterocycles. The van der Waals surface area contributed by atoms with Crippen molar-refractivity contribution in [2.75, 3.05) is 0 Å². The van der Waals surface area contributed by atoms with Crippen LogP contribution in [0.3, 0.4) is 0 Å². The molecule has 1 rings (SSSR count). The second-order valence-corrected chi connectivity index (χ2v) is 3.32. The van der Waals surface area contributed by atoms with Crippen molar-refractivity contribution in [3.8, 4) is 0 Å². The lowest BCUT2D eigenvalue weighted by atomic mass is 10.1. The molecule has 1 aromatic rings. The summed E-state index contributed by atoms with van der Waals surface area (Å²) in [4.78, 5) is 3.59. The minimum absolute atomic E-state index is 0.0793. The van der Waals surface area contributed by atoms with Gasteiger partial charge in [-0.1, -0.05) is 0 Å². The lowest BCUT2D eigenvalue weighted by molar-refractivity contribution is 0.144. The van der Waals surface area contributed by atoms with Crippen LogP contribution >= 0.6 is 22.6 Å². The van der Waals surface area contributed by atoms with Gasteiger partial charge in [0.25, 0.3) is 6.43 Å². The molecule has 72 valence electrons. The highest BCUT2D eigenvalue weighted by molar-refractivity contribution is 14.1. The molecule has 2 N–H and O–H groups in total. The smallest absolute Gasteiger partial charge is 0.267 e. The molecule has 0 spiro atoms. The monoisotopic (exact) mass is 302 g/mol. The number of halogens is 4. The highest BCUT2D eigenvalue weighted by Crippen LogP contribution is 2.27. The van der Waals surface area contributed by atoms with Gasteiger partial charge in [0.15, 0.2) is 5.82 Å². The average Bonchev–Trinajstić information content (AvgIpc) is 2.07. The third-order valence-corrected chi connectivity index (χ3v) is 2.47. The van der Waals surface area contributed by atoms with Gasteiger partial charge in [0, 0.05) is 12.1 Å². The van der Waals surface area contributed by atoms with Gasteiger partial charge in [-0.05, 0) is 22.6 Å². The van der Waals surface area contributed by atoms with Crippen molar-refractivity contribution in [1.29, 1.82) is 0 Å². The SMILES string of the molecule is NCc1c(I)ncc(F)c1C(F)F. The lowest BCUT2D eigenvalue weighted by Crippen LogP contribution is -2.08. The zero-order chi connectivity index (χ0) is 10.0. The Labute approximate surface area is 86.5 Å². The summed E-state index contributed by atoms with van der Waals surface area (Å²) < 4.78 is 37.8. The molecule has 0 aliphatic rings. The predicted molar refractivity (Wildman–Crippen MR) is 49.8 cm³/mol. The largest absolute Gasteiger partial charge is 0.326 e. The molecule has 0 fully saturated rings. The number of hydrogen-bond acceptors (Lipinski definition) is 2. The first-order valence-corrected chi connectivity index (χ1v) is 4.46. The normalized spacial score (nSPS) is 10.9. The van der Waals surface area contributed by atoms with Crippen LogP contribution in [-0.2, 0) is 6.54 Å². The quantitative estimate of drug-likeness (QED) is 0.672. The summed E-state index contributed by atoms with van der Waals surface area (Å²) in [7, 11) is 0. The first-order chi connectivity index (χ1) is 6.07. The van der Waals surface area contributed by atoms with Gasteiger partial charge >= 0.3 is 0 Å². The van der Waals surface area contributed by atoms with Crippen LogP contribution in [0.1, 0.15) is 17.6 Å². The van der Waals surface area contributed by atoms with Crippen molar-refractivity contribution in [3.63, 3.8) is 0 Å². The molecule has 0 saturated carbocycles. The molecule has 0 radical (unpaired) electrons. The van der Waals surface area contributed by atoms with Crippen molar-refractivity contribution in [1.82, 2.24) is 4.98 Å². The van der Waals surface area contributed by atoms with Crippen molar-refractivity contribution in [3.05, 3.63) is 26.8 Å². The summed E-state index contributed by atoms with van der Waals surface area (Å²) in [6.45, 7) is -0.136. The fourth-order valence-electron chi connectivity index (χ4n) is 0.946. The van der Waals surface area contributed by atoms with E-state index >= 15 is 0 Å². The van der Waals surface area contributed by atoms with Crippen molar-refractivity contribution in [2.45, 2.75) is 13.0 Å². The second kappa shape index (κ2) is 4.23. The van der Waals surface area contributed by atoms with E-state index in [1.165, 1.54) is 0 Å². The summed E-state index contributed by atoms with van der Waals surface area (Å²) >= 11 is 1.74. The van der Waals surface area contributed by atoms with E-state index in [1.54, 1.807) is 22.6 Å². The van der Waals surface area contributed by atoms with Gasteiger partial charge in [0.1, 0.15) is 3.70 Å². The van der Waals surface area contributed by atoms with Crippen molar-refractivity contribution in [2.24, 2.45) is 5.73 Å². The number of nitrogens with two attached hydrogens (primary N) is 1. The van der Waals surface area contributed by atoms with Gasteiger partial charge in [-0.25, -0.2) is 18.2 Å². The molecule has 0 bridgehead atoms. The molecule has 0 aromatic carbocycles. The molecule has 1 heterocycles. The number of pyridine rings is 1. The third kappa shape index (κ3) is 2.11. The fourth-order valence-corrected chi connectivity index (χ4v) is 1.60. The molecular formula is C7H6F3IN2. The number of hydrogen-bond donors (Lipinski definition) is 1. The van der Waals surface area contributed by atoms with Gasteiger partial charge in [0.2, 0.25) is 0 Å². The molecular weight excluding hydrogens is 296 g/mol. The molecule has 0 aliphatic carbocycles. The van der Waals surface area contributed by atoms with E-state index in [2.05, 4.69) is 4.98 Å². The Hall–Kier alpha value is -0.370. The molecule has 1 aromatic heterocycles. The first-order valence-electron chi connectivity index (χ1n) is 3.39. The van der Waals surface area contributed by atoms with Crippen LogP contribution in [0.4, 0.5) is 13.2 Å². The molecule has 13 heavy (non-hydrogen) atoms. The van der Waals surface area contributed by atoms with Gasteiger partial charge < -0.3 is 5.73 Å². The minimum atomic E-state index is -2.85. The fraction of sp³-hybridized carbons (Fsp3) is 0.286. The Morgan fingerprint density at radius 1 is 1.54 bits per heavy atom. The Morgan fingerprint density at radius 3 is 2.54 bits per heavy atom. The summed E-state index contributed by atoms with van der Waals surface area (Å²) in [6, 6.07) is 0. The van der Waals surface area contributed by atoms with Crippen LogP contribution in [0.15, 0.2) is 6.20 Å².